The van der Waals surface area contributed by atoms with Crippen LogP contribution in [0.1, 0.15) is 29.0 Å². The van der Waals surface area contributed by atoms with Gasteiger partial charge in [0, 0.05) is 49.2 Å². The van der Waals surface area contributed by atoms with Crippen LogP contribution in [0, 0.1) is 13.8 Å². The minimum Gasteiger partial charge on any atom is -0.469 e. The van der Waals surface area contributed by atoms with Gasteiger partial charge < -0.3 is 19.2 Å². The van der Waals surface area contributed by atoms with Gasteiger partial charge in [-0.2, -0.15) is 0 Å². The lowest BCUT2D eigenvalue weighted by molar-refractivity contribution is -0.116. The van der Waals surface area contributed by atoms with Gasteiger partial charge in [0.15, 0.2) is 0 Å². The highest BCUT2D eigenvalue weighted by Crippen LogP contribution is 2.29. The predicted molar refractivity (Wildman–Crippen MR) is 107 cm³/mol. The van der Waals surface area contributed by atoms with E-state index in [0.29, 0.717) is 12.8 Å². The molecule has 3 aromatic rings. The number of fused-ring (bicyclic) bond motifs is 1. The first-order valence-electron chi connectivity index (χ1n) is 9.42. The maximum atomic E-state index is 12.3. The number of hydrogen-bond donors (Lipinski definition) is 1. The molecule has 0 bridgehead atoms. The monoisotopic (exact) mass is 363 g/mol. The normalized spacial score (nSPS) is 13.5. The summed E-state index contributed by atoms with van der Waals surface area (Å²) in [6, 6.07) is 12.4. The largest absolute Gasteiger partial charge is 0.469 e. The van der Waals surface area contributed by atoms with Gasteiger partial charge in [0.2, 0.25) is 5.91 Å². The molecule has 5 heteroatoms. The first kappa shape index (κ1) is 17.5. The van der Waals surface area contributed by atoms with Gasteiger partial charge in [-0.05, 0) is 61.4 Å². The summed E-state index contributed by atoms with van der Waals surface area (Å²) in [5.74, 6) is 0.852. The van der Waals surface area contributed by atoms with Crippen molar-refractivity contribution in [3.8, 4) is 0 Å². The second-order valence-electron chi connectivity index (χ2n) is 7.20. The van der Waals surface area contributed by atoms with Gasteiger partial charge in [-0.15, -0.1) is 0 Å². The third-order valence-electron chi connectivity index (χ3n) is 5.21. The third kappa shape index (κ3) is 3.77. The smallest absolute Gasteiger partial charge is 0.224 e. The predicted octanol–water partition coefficient (Wildman–Crippen LogP) is 4.29. The van der Waals surface area contributed by atoms with E-state index in [2.05, 4.69) is 59.1 Å². The number of furan rings is 1. The molecule has 0 atom stereocenters. The highest BCUT2D eigenvalue weighted by molar-refractivity contribution is 5.92. The van der Waals surface area contributed by atoms with Gasteiger partial charge in [0.25, 0.3) is 0 Å². The Morgan fingerprint density at radius 1 is 1.15 bits per heavy atom. The van der Waals surface area contributed by atoms with Gasteiger partial charge in [0.05, 0.1) is 12.8 Å². The van der Waals surface area contributed by atoms with Crippen LogP contribution >= 0.6 is 0 Å². The first-order valence-corrected chi connectivity index (χ1v) is 9.42. The maximum absolute atomic E-state index is 12.3. The minimum atomic E-state index is 0.0150. The standard InChI is InChI=1S/C22H25N3O2/c1-16-13-19(25-11-10-24-9-3-5-18(24)15-25)14-17(2)22(16)23-21(26)8-7-20-6-4-12-27-20/h3-6,9,12-14H,7-8,10-11,15H2,1-2H3,(H,23,26). The van der Waals surface area contributed by atoms with Crippen molar-refractivity contribution >= 4 is 17.3 Å². The Morgan fingerprint density at radius 2 is 1.96 bits per heavy atom. The Morgan fingerprint density at radius 3 is 2.70 bits per heavy atom. The van der Waals surface area contributed by atoms with E-state index in [1.165, 1.54) is 11.4 Å². The summed E-state index contributed by atoms with van der Waals surface area (Å²) in [5, 5.41) is 3.08. The number of aromatic nitrogens is 1. The summed E-state index contributed by atoms with van der Waals surface area (Å²) in [7, 11) is 0. The molecule has 0 saturated heterocycles. The number of carbonyl (C=O) groups excluding carboxylic acids is 1. The van der Waals surface area contributed by atoms with Gasteiger partial charge in [-0.3, -0.25) is 4.79 Å². The molecule has 1 N–H and O–H groups in total. The van der Waals surface area contributed by atoms with Crippen molar-refractivity contribution in [1.82, 2.24) is 4.57 Å². The summed E-state index contributed by atoms with van der Waals surface area (Å²) in [6.45, 7) is 7.04. The number of aryl methyl sites for hydroxylation is 3. The molecule has 0 saturated carbocycles. The lowest BCUT2D eigenvalue weighted by Gasteiger charge is -2.31. The zero-order valence-electron chi connectivity index (χ0n) is 15.9. The molecule has 0 radical (unpaired) electrons. The van der Waals surface area contributed by atoms with E-state index >= 15 is 0 Å². The molecule has 3 heterocycles. The van der Waals surface area contributed by atoms with Crippen LogP contribution in [0.25, 0.3) is 0 Å². The van der Waals surface area contributed by atoms with Gasteiger partial charge in [-0.25, -0.2) is 0 Å². The SMILES string of the molecule is Cc1cc(N2CCn3cccc3C2)cc(C)c1NC(=O)CCc1ccco1. The van der Waals surface area contributed by atoms with Crippen LogP contribution in [0.5, 0.6) is 0 Å². The second-order valence-corrected chi connectivity index (χ2v) is 7.20. The number of hydrogen-bond acceptors (Lipinski definition) is 3. The summed E-state index contributed by atoms with van der Waals surface area (Å²) in [5.41, 5.74) is 5.66. The quantitative estimate of drug-likeness (QED) is 0.736. The molecular weight excluding hydrogens is 338 g/mol. The zero-order valence-corrected chi connectivity index (χ0v) is 15.9. The Hall–Kier alpha value is -2.95. The van der Waals surface area contributed by atoms with Crippen LogP contribution in [-0.2, 0) is 24.3 Å². The second kappa shape index (κ2) is 7.35. The van der Waals surface area contributed by atoms with Crippen LogP contribution < -0.4 is 10.2 Å². The topological polar surface area (TPSA) is 50.4 Å². The van der Waals surface area contributed by atoms with Crippen LogP contribution in [-0.4, -0.2) is 17.0 Å². The number of rotatable bonds is 5. The molecule has 1 amide bonds. The Balaban J connectivity index is 1.45. The lowest BCUT2D eigenvalue weighted by atomic mass is 10.1. The van der Waals surface area contributed by atoms with Gasteiger partial charge in [0.1, 0.15) is 5.76 Å². The number of anilines is 2. The van der Waals surface area contributed by atoms with E-state index in [0.717, 1.165) is 42.2 Å². The fourth-order valence-electron chi connectivity index (χ4n) is 3.75. The van der Waals surface area contributed by atoms with Gasteiger partial charge >= 0.3 is 0 Å². The van der Waals surface area contributed by atoms with E-state index < -0.39 is 0 Å². The minimum absolute atomic E-state index is 0.0150. The number of amides is 1. The fraction of sp³-hybridized carbons (Fsp3) is 0.318. The summed E-state index contributed by atoms with van der Waals surface area (Å²) >= 11 is 0. The zero-order chi connectivity index (χ0) is 18.8. The molecule has 1 aliphatic rings. The van der Waals surface area contributed by atoms with Crippen molar-refractivity contribution in [3.05, 3.63) is 71.4 Å². The summed E-state index contributed by atoms with van der Waals surface area (Å²) in [4.78, 5) is 14.7. The molecule has 1 aliphatic heterocycles. The molecule has 0 fully saturated rings. The van der Waals surface area contributed by atoms with Crippen molar-refractivity contribution in [3.63, 3.8) is 0 Å². The molecule has 27 heavy (non-hydrogen) atoms. The van der Waals surface area contributed by atoms with Crippen LogP contribution in [0.4, 0.5) is 11.4 Å². The summed E-state index contributed by atoms with van der Waals surface area (Å²) < 4.78 is 7.61. The van der Waals surface area contributed by atoms with Crippen LogP contribution in [0.2, 0.25) is 0 Å². The fourth-order valence-corrected chi connectivity index (χ4v) is 3.75. The first-order chi connectivity index (χ1) is 13.1. The van der Waals surface area contributed by atoms with Crippen molar-refractivity contribution in [2.75, 3.05) is 16.8 Å². The van der Waals surface area contributed by atoms with E-state index in [4.69, 9.17) is 4.42 Å². The number of carbonyl (C=O) groups is 1. The number of nitrogens with one attached hydrogen (secondary N) is 1. The highest BCUT2D eigenvalue weighted by atomic mass is 16.3. The van der Waals surface area contributed by atoms with E-state index in [1.807, 2.05) is 12.1 Å². The molecule has 0 aliphatic carbocycles. The Bertz CT molecular complexity index is 917. The lowest BCUT2D eigenvalue weighted by Crippen LogP contribution is -2.33. The number of nitrogens with zero attached hydrogens (tertiary/aromatic N) is 2. The van der Waals surface area contributed by atoms with Gasteiger partial charge in [-0.1, -0.05) is 0 Å². The Labute approximate surface area is 159 Å². The van der Waals surface area contributed by atoms with Crippen molar-refractivity contribution < 1.29 is 9.21 Å². The molecule has 1 aromatic carbocycles. The van der Waals surface area contributed by atoms with Crippen molar-refractivity contribution in [1.29, 1.82) is 0 Å². The average molecular weight is 363 g/mol. The third-order valence-corrected chi connectivity index (χ3v) is 5.21. The van der Waals surface area contributed by atoms with Crippen molar-refractivity contribution in [2.24, 2.45) is 0 Å². The molecule has 4 rings (SSSR count). The average Bonchev–Trinajstić information content (AvgIpc) is 3.33. The summed E-state index contributed by atoms with van der Waals surface area (Å²) in [6.07, 6.45) is 4.81. The number of benzene rings is 1. The molecule has 0 unspecified atom stereocenters. The molecule has 5 nitrogen and oxygen atoms in total. The highest BCUT2D eigenvalue weighted by Gasteiger charge is 2.18. The van der Waals surface area contributed by atoms with Crippen LogP contribution in [0.15, 0.2) is 53.3 Å². The molecule has 140 valence electrons. The van der Waals surface area contributed by atoms with E-state index in [9.17, 15) is 4.79 Å². The molecule has 0 spiro atoms. The van der Waals surface area contributed by atoms with Crippen LogP contribution in [0.3, 0.4) is 0 Å². The molecule has 2 aromatic heterocycles. The van der Waals surface area contributed by atoms with Crippen molar-refractivity contribution in [2.45, 2.75) is 39.8 Å². The Kier molecular flexibility index (Phi) is 4.75. The maximum Gasteiger partial charge on any atom is 0.224 e. The van der Waals surface area contributed by atoms with E-state index in [1.54, 1.807) is 6.26 Å². The molecular formula is C22H25N3O2. The van der Waals surface area contributed by atoms with E-state index in [-0.39, 0.29) is 5.91 Å².